The minimum atomic E-state index is 0.0331. The summed E-state index contributed by atoms with van der Waals surface area (Å²) in [7, 11) is 1.55. The van der Waals surface area contributed by atoms with Gasteiger partial charge in [-0.05, 0) is 36.8 Å². The van der Waals surface area contributed by atoms with E-state index in [9.17, 15) is 0 Å². The fraction of sp³-hybridized carbons (Fsp3) is 0.267. The summed E-state index contributed by atoms with van der Waals surface area (Å²) in [5.41, 5.74) is 6.13. The van der Waals surface area contributed by atoms with Crippen LogP contribution in [-0.4, -0.2) is 18.2 Å². The summed E-state index contributed by atoms with van der Waals surface area (Å²) in [6.45, 7) is 2.62. The zero-order valence-corrected chi connectivity index (χ0v) is 12.8. The number of thiophene rings is 1. The summed E-state index contributed by atoms with van der Waals surface area (Å²) in [5, 5.41) is 11.7. The van der Waals surface area contributed by atoms with Crippen molar-refractivity contribution in [2.75, 3.05) is 7.11 Å². The standard InChI is InChI=1S/C15H18N2O3S/c1-3-11-5-6-12(21-11)9-20-13-7-4-10(15(16)17-18)8-14(13)19-2/h4-8,18H,3,9H2,1-2H3,(H2,16,17). The van der Waals surface area contributed by atoms with E-state index in [4.69, 9.17) is 20.4 Å². The van der Waals surface area contributed by atoms with Crippen LogP contribution in [-0.2, 0) is 13.0 Å². The second-order valence-corrected chi connectivity index (χ2v) is 5.61. The van der Waals surface area contributed by atoms with Crippen LogP contribution in [0.2, 0.25) is 0 Å². The predicted octanol–water partition coefficient (Wildman–Crippen LogP) is 2.99. The molecule has 112 valence electrons. The topological polar surface area (TPSA) is 77.1 Å². The van der Waals surface area contributed by atoms with E-state index in [1.807, 2.05) is 0 Å². The normalized spacial score (nSPS) is 11.4. The van der Waals surface area contributed by atoms with Gasteiger partial charge in [-0.3, -0.25) is 0 Å². The highest BCUT2D eigenvalue weighted by molar-refractivity contribution is 7.11. The summed E-state index contributed by atoms with van der Waals surface area (Å²) >= 11 is 1.74. The number of nitrogens with two attached hydrogens (primary N) is 1. The Morgan fingerprint density at radius 3 is 2.62 bits per heavy atom. The number of nitrogens with zero attached hydrogens (tertiary/aromatic N) is 1. The average Bonchev–Trinajstić information content (AvgIpc) is 3.00. The minimum absolute atomic E-state index is 0.0331. The van der Waals surface area contributed by atoms with Gasteiger partial charge in [-0.2, -0.15) is 0 Å². The number of amidine groups is 1. The van der Waals surface area contributed by atoms with Crippen LogP contribution in [0.5, 0.6) is 11.5 Å². The van der Waals surface area contributed by atoms with Crippen molar-refractivity contribution in [1.29, 1.82) is 0 Å². The molecule has 1 aromatic carbocycles. The molecule has 5 nitrogen and oxygen atoms in total. The molecular weight excluding hydrogens is 288 g/mol. The zero-order valence-electron chi connectivity index (χ0n) is 12.0. The van der Waals surface area contributed by atoms with E-state index in [1.165, 1.54) is 4.88 Å². The molecular formula is C15H18N2O3S. The molecule has 0 aliphatic carbocycles. The SMILES string of the molecule is CCc1ccc(COc2ccc(/C(N)=N/O)cc2OC)s1. The Morgan fingerprint density at radius 1 is 1.24 bits per heavy atom. The van der Waals surface area contributed by atoms with E-state index < -0.39 is 0 Å². The molecule has 0 unspecified atom stereocenters. The molecule has 1 heterocycles. The third kappa shape index (κ3) is 3.66. The van der Waals surface area contributed by atoms with Crippen molar-refractivity contribution in [3.05, 3.63) is 45.6 Å². The third-order valence-electron chi connectivity index (χ3n) is 3.00. The van der Waals surface area contributed by atoms with Gasteiger partial charge in [0.1, 0.15) is 6.61 Å². The zero-order chi connectivity index (χ0) is 15.2. The molecule has 0 fully saturated rings. The molecule has 2 aromatic rings. The first-order chi connectivity index (χ1) is 10.2. The van der Waals surface area contributed by atoms with Crippen molar-refractivity contribution in [1.82, 2.24) is 0 Å². The molecule has 3 N–H and O–H groups in total. The van der Waals surface area contributed by atoms with Crippen LogP contribution in [0.15, 0.2) is 35.5 Å². The summed E-state index contributed by atoms with van der Waals surface area (Å²) in [5.74, 6) is 1.20. The van der Waals surface area contributed by atoms with Crippen molar-refractivity contribution in [2.24, 2.45) is 10.9 Å². The highest BCUT2D eigenvalue weighted by Gasteiger charge is 2.09. The number of rotatable bonds is 6. The highest BCUT2D eigenvalue weighted by Crippen LogP contribution is 2.29. The van der Waals surface area contributed by atoms with Crippen LogP contribution in [0.25, 0.3) is 0 Å². The molecule has 0 amide bonds. The number of methoxy groups -OCH3 is 1. The molecule has 0 saturated heterocycles. The van der Waals surface area contributed by atoms with Gasteiger partial charge in [-0.1, -0.05) is 12.1 Å². The lowest BCUT2D eigenvalue weighted by Gasteiger charge is -2.11. The van der Waals surface area contributed by atoms with Crippen molar-refractivity contribution in [2.45, 2.75) is 20.0 Å². The van der Waals surface area contributed by atoms with E-state index in [0.717, 1.165) is 11.3 Å². The van der Waals surface area contributed by atoms with Crippen molar-refractivity contribution < 1.29 is 14.7 Å². The minimum Gasteiger partial charge on any atom is -0.493 e. The first kappa shape index (κ1) is 15.2. The fourth-order valence-corrected chi connectivity index (χ4v) is 2.71. The molecule has 0 aliphatic rings. The third-order valence-corrected chi connectivity index (χ3v) is 4.21. The van der Waals surface area contributed by atoms with Gasteiger partial charge < -0.3 is 20.4 Å². The van der Waals surface area contributed by atoms with Gasteiger partial charge in [0.15, 0.2) is 17.3 Å². The van der Waals surface area contributed by atoms with Crippen molar-refractivity contribution >= 4 is 17.2 Å². The maximum atomic E-state index is 8.69. The Bertz CT molecular complexity index is 638. The van der Waals surface area contributed by atoms with E-state index >= 15 is 0 Å². The molecule has 0 spiro atoms. The number of aryl methyl sites for hydroxylation is 1. The smallest absolute Gasteiger partial charge is 0.170 e. The van der Waals surface area contributed by atoms with E-state index in [-0.39, 0.29) is 5.84 Å². The van der Waals surface area contributed by atoms with Crippen LogP contribution in [0.4, 0.5) is 0 Å². The average molecular weight is 306 g/mol. The van der Waals surface area contributed by atoms with E-state index in [0.29, 0.717) is 23.7 Å². The van der Waals surface area contributed by atoms with E-state index in [1.54, 1.807) is 36.6 Å². The summed E-state index contributed by atoms with van der Waals surface area (Å²) in [6.07, 6.45) is 1.03. The Morgan fingerprint density at radius 2 is 2.00 bits per heavy atom. The number of benzene rings is 1. The van der Waals surface area contributed by atoms with Crippen molar-refractivity contribution in [3.8, 4) is 11.5 Å². The maximum absolute atomic E-state index is 8.69. The summed E-state index contributed by atoms with van der Waals surface area (Å²) in [4.78, 5) is 2.50. The maximum Gasteiger partial charge on any atom is 0.170 e. The first-order valence-electron chi connectivity index (χ1n) is 6.54. The number of ether oxygens (including phenoxy) is 2. The van der Waals surface area contributed by atoms with Crippen LogP contribution < -0.4 is 15.2 Å². The second-order valence-electron chi connectivity index (χ2n) is 4.36. The number of hydrogen-bond donors (Lipinski definition) is 2. The van der Waals surface area contributed by atoms with Crippen LogP contribution in [0.1, 0.15) is 22.2 Å². The lowest BCUT2D eigenvalue weighted by atomic mass is 10.2. The molecule has 0 saturated carbocycles. The largest absolute Gasteiger partial charge is 0.493 e. The molecule has 6 heteroatoms. The Hall–Kier alpha value is -2.21. The van der Waals surface area contributed by atoms with Crippen LogP contribution in [0.3, 0.4) is 0 Å². The summed E-state index contributed by atoms with van der Waals surface area (Å²) in [6, 6.07) is 9.33. The van der Waals surface area contributed by atoms with Gasteiger partial charge >= 0.3 is 0 Å². The molecule has 0 atom stereocenters. The van der Waals surface area contributed by atoms with Crippen LogP contribution in [0, 0.1) is 0 Å². The van der Waals surface area contributed by atoms with Gasteiger partial charge in [0.2, 0.25) is 0 Å². The van der Waals surface area contributed by atoms with Gasteiger partial charge in [0, 0.05) is 15.3 Å². The molecule has 1 aromatic heterocycles. The summed E-state index contributed by atoms with van der Waals surface area (Å²) < 4.78 is 11.1. The predicted molar refractivity (Wildman–Crippen MR) is 83.5 cm³/mol. The lowest BCUT2D eigenvalue weighted by molar-refractivity contribution is 0.287. The second kappa shape index (κ2) is 6.99. The van der Waals surface area contributed by atoms with E-state index in [2.05, 4.69) is 24.2 Å². The van der Waals surface area contributed by atoms with Gasteiger partial charge in [-0.25, -0.2) is 0 Å². The Balaban J connectivity index is 2.12. The quantitative estimate of drug-likeness (QED) is 0.372. The lowest BCUT2D eigenvalue weighted by Crippen LogP contribution is -2.13. The van der Waals surface area contributed by atoms with Gasteiger partial charge in [-0.15, -0.1) is 11.3 Å². The number of hydrogen-bond acceptors (Lipinski definition) is 5. The van der Waals surface area contributed by atoms with Crippen molar-refractivity contribution in [3.63, 3.8) is 0 Å². The fourth-order valence-electron chi connectivity index (χ4n) is 1.84. The highest BCUT2D eigenvalue weighted by atomic mass is 32.1. The van der Waals surface area contributed by atoms with Gasteiger partial charge in [0.25, 0.3) is 0 Å². The Kier molecular flexibility index (Phi) is 5.05. The first-order valence-corrected chi connectivity index (χ1v) is 7.36. The molecule has 0 radical (unpaired) electrons. The number of oxime groups is 1. The molecule has 0 bridgehead atoms. The van der Waals surface area contributed by atoms with Crippen LogP contribution >= 0.6 is 11.3 Å². The Labute approximate surface area is 127 Å². The molecule has 0 aliphatic heterocycles. The molecule has 21 heavy (non-hydrogen) atoms. The monoisotopic (exact) mass is 306 g/mol. The van der Waals surface area contributed by atoms with Gasteiger partial charge in [0.05, 0.1) is 7.11 Å². The molecule has 2 rings (SSSR count).